The number of aromatic nitrogens is 3. The summed E-state index contributed by atoms with van der Waals surface area (Å²) in [6.07, 6.45) is 0.797. The average Bonchev–Trinajstić information content (AvgIpc) is 2.72. The smallest absolute Gasteiger partial charge is 0.170 e. The van der Waals surface area contributed by atoms with Crippen molar-refractivity contribution in [2.24, 2.45) is 0 Å². The van der Waals surface area contributed by atoms with E-state index >= 15 is 0 Å². The highest BCUT2D eigenvalue weighted by atomic mass is 16.1. The van der Waals surface area contributed by atoms with E-state index in [0.29, 0.717) is 17.9 Å². The van der Waals surface area contributed by atoms with E-state index in [4.69, 9.17) is 0 Å². The second-order valence-corrected chi connectivity index (χ2v) is 3.12. The maximum Gasteiger partial charge on any atom is 0.170 e. The Hall–Kier alpha value is -1.97. The molecular formula is C11H11N3O. The van der Waals surface area contributed by atoms with E-state index in [0.717, 1.165) is 11.8 Å². The maximum atomic E-state index is 10.9. The van der Waals surface area contributed by atoms with Crippen LogP contribution >= 0.6 is 0 Å². The van der Waals surface area contributed by atoms with Gasteiger partial charge in [0.15, 0.2) is 6.29 Å². The Kier molecular flexibility index (Phi) is 2.58. The van der Waals surface area contributed by atoms with Gasteiger partial charge >= 0.3 is 0 Å². The highest BCUT2D eigenvalue weighted by molar-refractivity contribution is 5.83. The van der Waals surface area contributed by atoms with Gasteiger partial charge in [0.2, 0.25) is 0 Å². The Labute approximate surface area is 87.5 Å². The van der Waals surface area contributed by atoms with Crippen molar-refractivity contribution in [3.63, 3.8) is 0 Å². The quantitative estimate of drug-likeness (QED) is 0.711. The lowest BCUT2D eigenvalue weighted by molar-refractivity contribution is 0.111. The van der Waals surface area contributed by atoms with Gasteiger partial charge in [-0.2, -0.15) is 0 Å². The summed E-state index contributed by atoms with van der Waals surface area (Å²) in [5, 5.41) is 7.93. The van der Waals surface area contributed by atoms with Crippen molar-refractivity contribution in [2.45, 2.75) is 13.5 Å². The molecule has 0 saturated heterocycles. The van der Waals surface area contributed by atoms with Crippen LogP contribution in [0.3, 0.4) is 0 Å². The minimum Gasteiger partial charge on any atom is -0.296 e. The van der Waals surface area contributed by atoms with Gasteiger partial charge in [-0.3, -0.25) is 4.79 Å². The van der Waals surface area contributed by atoms with Gasteiger partial charge in [-0.1, -0.05) is 35.5 Å². The number of carbonyl (C=O) groups is 1. The van der Waals surface area contributed by atoms with Crippen molar-refractivity contribution < 1.29 is 4.79 Å². The SMILES string of the molecule is CCn1nnc(-c2ccccc2)c1C=O. The number of hydrogen-bond acceptors (Lipinski definition) is 3. The van der Waals surface area contributed by atoms with Gasteiger partial charge in [0, 0.05) is 12.1 Å². The van der Waals surface area contributed by atoms with E-state index in [9.17, 15) is 4.79 Å². The highest BCUT2D eigenvalue weighted by Crippen LogP contribution is 2.19. The van der Waals surface area contributed by atoms with Gasteiger partial charge < -0.3 is 0 Å². The Balaban J connectivity index is 2.54. The summed E-state index contributed by atoms with van der Waals surface area (Å²) in [4.78, 5) is 10.9. The first-order chi connectivity index (χ1) is 7.36. The molecule has 0 atom stereocenters. The lowest BCUT2D eigenvalue weighted by Gasteiger charge is -1.98. The minimum absolute atomic E-state index is 0.531. The number of hydrogen-bond donors (Lipinski definition) is 0. The molecule has 0 aliphatic carbocycles. The molecule has 1 aromatic heterocycles. The molecule has 2 rings (SSSR count). The first-order valence-corrected chi connectivity index (χ1v) is 4.81. The molecule has 76 valence electrons. The third-order valence-corrected chi connectivity index (χ3v) is 2.23. The molecule has 2 aromatic rings. The largest absolute Gasteiger partial charge is 0.296 e. The molecule has 1 aromatic carbocycles. The fourth-order valence-electron chi connectivity index (χ4n) is 1.47. The van der Waals surface area contributed by atoms with E-state index in [1.54, 1.807) is 4.68 Å². The fourth-order valence-corrected chi connectivity index (χ4v) is 1.47. The lowest BCUT2D eigenvalue weighted by atomic mass is 10.1. The van der Waals surface area contributed by atoms with Crippen molar-refractivity contribution in [3.05, 3.63) is 36.0 Å². The molecule has 1 heterocycles. The fraction of sp³-hybridized carbons (Fsp3) is 0.182. The van der Waals surface area contributed by atoms with E-state index in [-0.39, 0.29) is 0 Å². The topological polar surface area (TPSA) is 47.8 Å². The lowest BCUT2D eigenvalue weighted by Crippen LogP contribution is -2.01. The molecule has 0 bridgehead atoms. The van der Waals surface area contributed by atoms with Gasteiger partial charge in [0.05, 0.1) is 0 Å². The molecule has 0 spiro atoms. The number of aryl methyl sites for hydroxylation is 1. The van der Waals surface area contributed by atoms with Crippen molar-refractivity contribution in [2.75, 3.05) is 0 Å². The average molecular weight is 201 g/mol. The number of carbonyl (C=O) groups excluding carboxylic acids is 1. The standard InChI is InChI=1S/C11H11N3O/c1-2-14-10(8-15)11(12-13-14)9-6-4-3-5-7-9/h3-8H,2H2,1H3. The van der Waals surface area contributed by atoms with E-state index in [2.05, 4.69) is 10.3 Å². The van der Waals surface area contributed by atoms with E-state index in [1.165, 1.54) is 0 Å². The molecular weight excluding hydrogens is 190 g/mol. The third kappa shape index (κ3) is 1.66. The minimum atomic E-state index is 0.531. The van der Waals surface area contributed by atoms with Crippen LogP contribution in [0.1, 0.15) is 17.4 Å². The second kappa shape index (κ2) is 4.04. The Morgan fingerprint density at radius 2 is 2.07 bits per heavy atom. The molecule has 0 N–H and O–H groups in total. The molecule has 0 aliphatic rings. The van der Waals surface area contributed by atoms with Crippen molar-refractivity contribution >= 4 is 6.29 Å². The van der Waals surface area contributed by atoms with Crippen LogP contribution < -0.4 is 0 Å². The summed E-state index contributed by atoms with van der Waals surface area (Å²) in [5.74, 6) is 0. The summed E-state index contributed by atoms with van der Waals surface area (Å²) in [5.41, 5.74) is 2.09. The first kappa shape index (κ1) is 9.58. The van der Waals surface area contributed by atoms with Crippen LogP contribution in [0.15, 0.2) is 30.3 Å². The molecule has 0 radical (unpaired) electrons. The predicted molar refractivity (Wildman–Crippen MR) is 56.5 cm³/mol. The van der Waals surface area contributed by atoms with Crippen LogP contribution in [0.2, 0.25) is 0 Å². The van der Waals surface area contributed by atoms with Gasteiger partial charge in [-0.25, -0.2) is 4.68 Å². The zero-order valence-corrected chi connectivity index (χ0v) is 8.42. The predicted octanol–water partition coefficient (Wildman–Crippen LogP) is 1.78. The Morgan fingerprint density at radius 1 is 1.33 bits per heavy atom. The van der Waals surface area contributed by atoms with E-state index in [1.807, 2.05) is 37.3 Å². The molecule has 0 saturated carbocycles. The summed E-state index contributed by atoms with van der Waals surface area (Å²) >= 11 is 0. The number of benzene rings is 1. The summed E-state index contributed by atoms with van der Waals surface area (Å²) in [6.45, 7) is 2.57. The molecule has 4 nitrogen and oxygen atoms in total. The van der Waals surface area contributed by atoms with Crippen LogP contribution in [0, 0.1) is 0 Å². The Bertz CT molecular complexity index is 462. The van der Waals surface area contributed by atoms with Crippen LogP contribution in [0.25, 0.3) is 11.3 Å². The molecule has 15 heavy (non-hydrogen) atoms. The van der Waals surface area contributed by atoms with Crippen LogP contribution in [-0.4, -0.2) is 21.3 Å². The van der Waals surface area contributed by atoms with E-state index < -0.39 is 0 Å². The summed E-state index contributed by atoms with van der Waals surface area (Å²) < 4.78 is 1.59. The van der Waals surface area contributed by atoms with Crippen molar-refractivity contribution in [1.82, 2.24) is 15.0 Å². The Morgan fingerprint density at radius 3 is 2.67 bits per heavy atom. The number of nitrogens with zero attached hydrogens (tertiary/aromatic N) is 3. The van der Waals surface area contributed by atoms with Crippen LogP contribution in [-0.2, 0) is 6.54 Å². The molecule has 4 heteroatoms. The van der Waals surface area contributed by atoms with Gasteiger partial charge in [0.25, 0.3) is 0 Å². The second-order valence-electron chi connectivity index (χ2n) is 3.12. The summed E-state index contributed by atoms with van der Waals surface area (Å²) in [7, 11) is 0. The monoisotopic (exact) mass is 201 g/mol. The zero-order valence-electron chi connectivity index (χ0n) is 8.42. The number of rotatable bonds is 3. The van der Waals surface area contributed by atoms with Gasteiger partial charge in [-0.05, 0) is 6.92 Å². The number of aldehydes is 1. The molecule has 0 amide bonds. The van der Waals surface area contributed by atoms with Crippen molar-refractivity contribution in [1.29, 1.82) is 0 Å². The van der Waals surface area contributed by atoms with Gasteiger partial charge in [0.1, 0.15) is 11.4 Å². The highest BCUT2D eigenvalue weighted by Gasteiger charge is 2.11. The zero-order chi connectivity index (χ0) is 10.7. The van der Waals surface area contributed by atoms with Crippen LogP contribution in [0.5, 0.6) is 0 Å². The van der Waals surface area contributed by atoms with Gasteiger partial charge in [-0.15, -0.1) is 5.10 Å². The van der Waals surface area contributed by atoms with Crippen molar-refractivity contribution in [3.8, 4) is 11.3 Å². The molecule has 0 unspecified atom stereocenters. The van der Waals surface area contributed by atoms with Crippen LogP contribution in [0.4, 0.5) is 0 Å². The normalized spacial score (nSPS) is 10.2. The third-order valence-electron chi connectivity index (χ3n) is 2.23. The molecule has 0 fully saturated rings. The summed E-state index contributed by atoms with van der Waals surface area (Å²) in [6, 6.07) is 9.58. The maximum absolute atomic E-state index is 10.9. The first-order valence-electron chi connectivity index (χ1n) is 4.81. The molecule has 0 aliphatic heterocycles.